The van der Waals surface area contributed by atoms with Crippen molar-refractivity contribution in [1.82, 2.24) is 9.62 Å². The predicted octanol–water partition coefficient (Wildman–Crippen LogP) is 3.93. The molecule has 0 aliphatic rings. The van der Waals surface area contributed by atoms with Crippen LogP contribution >= 0.6 is 22.9 Å². The standard InChI is InChI=1S/C23H32ClFN2O5S2/c1-23(2,10-4-5-19-7-8-21(25)33-19)26-14-18(28)15-27(3)34(31,32)20-12-16(6-9-22(29)30)11-17(24)13-20/h7-8,11-13,18,26,28H,4-6,9-10,14-15H2,1-3H3,(H,29,30)/t18-/m1/s1. The highest BCUT2D eigenvalue weighted by Crippen LogP contribution is 2.23. The number of nitrogens with zero attached hydrogens (tertiary/aromatic N) is 1. The molecule has 1 atom stereocenters. The Morgan fingerprint density at radius 3 is 2.59 bits per heavy atom. The lowest BCUT2D eigenvalue weighted by Crippen LogP contribution is -2.46. The first-order valence-electron chi connectivity index (χ1n) is 10.9. The molecular formula is C23H32ClFN2O5S2. The summed E-state index contributed by atoms with van der Waals surface area (Å²) in [5.74, 6) is -0.986. The number of aliphatic hydroxyl groups is 1. The number of carboxylic acids is 1. The summed E-state index contributed by atoms with van der Waals surface area (Å²) in [5, 5.41) is 22.6. The summed E-state index contributed by atoms with van der Waals surface area (Å²) in [6.07, 6.45) is 1.50. The molecule has 0 saturated heterocycles. The Hall–Kier alpha value is -1.56. The largest absolute Gasteiger partial charge is 0.481 e. The number of sulfonamides is 1. The van der Waals surface area contributed by atoms with Gasteiger partial charge < -0.3 is 15.5 Å². The first kappa shape index (κ1) is 28.7. The van der Waals surface area contributed by atoms with Crippen molar-refractivity contribution in [1.29, 1.82) is 0 Å². The zero-order valence-corrected chi connectivity index (χ0v) is 21.9. The molecule has 0 bridgehead atoms. The lowest BCUT2D eigenvalue weighted by Gasteiger charge is -2.29. The van der Waals surface area contributed by atoms with Gasteiger partial charge >= 0.3 is 5.97 Å². The second-order valence-corrected chi connectivity index (χ2v) is 12.6. The molecule has 7 nitrogen and oxygen atoms in total. The maximum atomic E-state index is 13.1. The van der Waals surface area contributed by atoms with Crippen LogP contribution in [0, 0.1) is 5.13 Å². The molecule has 0 fully saturated rings. The third-order valence-corrected chi connectivity index (χ3v) is 8.36. The van der Waals surface area contributed by atoms with Crippen LogP contribution in [0.4, 0.5) is 4.39 Å². The van der Waals surface area contributed by atoms with E-state index in [2.05, 4.69) is 5.32 Å². The first-order chi connectivity index (χ1) is 15.8. The van der Waals surface area contributed by atoms with Crippen LogP contribution in [-0.2, 0) is 27.7 Å². The van der Waals surface area contributed by atoms with Crippen LogP contribution in [0.2, 0.25) is 5.02 Å². The van der Waals surface area contributed by atoms with Gasteiger partial charge in [0.2, 0.25) is 10.0 Å². The summed E-state index contributed by atoms with van der Waals surface area (Å²) >= 11 is 7.20. The van der Waals surface area contributed by atoms with Crippen molar-refractivity contribution in [2.75, 3.05) is 20.1 Å². The number of aliphatic hydroxyl groups excluding tert-OH is 1. The van der Waals surface area contributed by atoms with Crippen LogP contribution in [0.5, 0.6) is 0 Å². The number of aryl methyl sites for hydroxylation is 2. The number of β-amino-alcohol motifs (C(OH)–C–C–N with tert-alkyl or cyclic N) is 1. The molecule has 0 unspecified atom stereocenters. The average molecular weight is 535 g/mol. The number of aliphatic carboxylic acids is 1. The quantitative estimate of drug-likeness (QED) is 0.339. The van der Waals surface area contributed by atoms with Gasteiger partial charge in [-0.3, -0.25) is 4.79 Å². The van der Waals surface area contributed by atoms with E-state index in [1.165, 1.54) is 25.2 Å². The van der Waals surface area contributed by atoms with Crippen molar-refractivity contribution >= 4 is 38.9 Å². The summed E-state index contributed by atoms with van der Waals surface area (Å²) in [6, 6.07) is 7.51. The summed E-state index contributed by atoms with van der Waals surface area (Å²) in [5.41, 5.74) is 0.219. The van der Waals surface area contributed by atoms with E-state index in [1.54, 1.807) is 12.1 Å². The van der Waals surface area contributed by atoms with Gasteiger partial charge in [-0.05, 0) is 75.4 Å². The zero-order chi connectivity index (χ0) is 25.5. The fourth-order valence-electron chi connectivity index (χ4n) is 3.48. The highest BCUT2D eigenvalue weighted by molar-refractivity contribution is 7.89. The van der Waals surface area contributed by atoms with Gasteiger partial charge in [-0.2, -0.15) is 8.70 Å². The van der Waals surface area contributed by atoms with Gasteiger partial charge in [-0.25, -0.2) is 8.42 Å². The normalized spacial score (nSPS) is 13.4. The molecular weight excluding hydrogens is 503 g/mol. The maximum absolute atomic E-state index is 13.1. The van der Waals surface area contributed by atoms with E-state index in [9.17, 15) is 22.7 Å². The molecule has 1 aromatic heterocycles. The molecule has 190 valence electrons. The number of rotatable bonds is 14. The number of carbonyl (C=O) groups is 1. The van der Waals surface area contributed by atoms with Crippen molar-refractivity contribution in [3.05, 3.63) is 50.9 Å². The van der Waals surface area contributed by atoms with Crippen molar-refractivity contribution in [3.8, 4) is 0 Å². The Morgan fingerprint density at radius 1 is 1.26 bits per heavy atom. The average Bonchev–Trinajstić information content (AvgIpc) is 3.15. The van der Waals surface area contributed by atoms with Crippen LogP contribution in [0.3, 0.4) is 0 Å². The van der Waals surface area contributed by atoms with Crippen LogP contribution in [0.1, 0.15) is 43.6 Å². The topological polar surface area (TPSA) is 107 Å². The third kappa shape index (κ3) is 9.24. The molecule has 11 heteroatoms. The van der Waals surface area contributed by atoms with Crippen LogP contribution < -0.4 is 5.32 Å². The number of likely N-dealkylation sites (N-methyl/N-ethyl adjacent to an activating group) is 1. The van der Waals surface area contributed by atoms with Crippen molar-refractivity contribution in [2.24, 2.45) is 0 Å². The Morgan fingerprint density at radius 2 is 1.97 bits per heavy atom. The van der Waals surface area contributed by atoms with Crippen molar-refractivity contribution in [3.63, 3.8) is 0 Å². The first-order valence-corrected chi connectivity index (χ1v) is 13.6. The van der Waals surface area contributed by atoms with E-state index in [0.29, 0.717) is 5.56 Å². The van der Waals surface area contributed by atoms with E-state index in [1.807, 2.05) is 13.8 Å². The van der Waals surface area contributed by atoms with Crippen molar-refractivity contribution < 1.29 is 27.8 Å². The molecule has 1 aromatic carbocycles. The van der Waals surface area contributed by atoms with Gasteiger partial charge in [-0.15, -0.1) is 11.3 Å². The Balaban J connectivity index is 1.89. The second-order valence-electron chi connectivity index (χ2n) is 8.95. The highest BCUT2D eigenvalue weighted by atomic mass is 35.5. The van der Waals surface area contributed by atoms with E-state index in [0.717, 1.165) is 39.8 Å². The fourth-order valence-corrected chi connectivity index (χ4v) is 5.87. The summed E-state index contributed by atoms with van der Waals surface area (Å²) in [7, 11) is -2.55. The van der Waals surface area contributed by atoms with Gasteiger partial charge in [0.1, 0.15) is 0 Å². The van der Waals surface area contributed by atoms with Crippen LogP contribution in [0.25, 0.3) is 0 Å². The smallest absolute Gasteiger partial charge is 0.303 e. The second kappa shape index (κ2) is 12.4. The number of carboxylic acid groups (broad SMARTS) is 1. The lowest BCUT2D eigenvalue weighted by atomic mass is 9.96. The minimum Gasteiger partial charge on any atom is -0.481 e. The molecule has 0 spiro atoms. The third-order valence-electron chi connectivity index (χ3n) is 5.40. The zero-order valence-electron chi connectivity index (χ0n) is 19.6. The molecule has 34 heavy (non-hydrogen) atoms. The van der Waals surface area contributed by atoms with Gasteiger partial charge in [0, 0.05) is 42.0 Å². The van der Waals surface area contributed by atoms with E-state index < -0.39 is 22.1 Å². The molecule has 3 N–H and O–H groups in total. The van der Waals surface area contributed by atoms with Gasteiger partial charge in [-0.1, -0.05) is 11.6 Å². The Kier molecular flexibility index (Phi) is 10.5. The number of benzene rings is 1. The number of nitrogens with one attached hydrogen (secondary N) is 1. The Labute approximate surface area is 209 Å². The predicted molar refractivity (Wildman–Crippen MR) is 133 cm³/mol. The highest BCUT2D eigenvalue weighted by Gasteiger charge is 2.25. The molecule has 0 saturated carbocycles. The molecule has 2 aromatic rings. The molecule has 2 rings (SSSR count). The minimum absolute atomic E-state index is 0.0478. The maximum Gasteiger partial charge on any atom is 0.303 e. The molecule has 0 aliphatic heterocycles. The SMILES string of the molecule is CN(C[C@H](O)CNC(C)(C)CCCc1ccc(F)s1)S(=O)(=O)c1cc(Cl)cc(CCC(=O)O)c1. The van der Waals surface area contributed by atoms with Gasteiger partial charge in [0.05, 0.1) is 11.0 Å². The molecule has 0 radical (unpaired) electrons. The van der Waals surface area contributed by atoms with Gasteiger partial charge in [0.15, 0.2) is 5.13 Å². The molecule has 1 heterocycles. The summed E-state index contributed by atoms with van der Waals surface area (Å²) in [4.78, 5) is 11.8. The van der Waals surface area contributed by atoms with E-state index in [4.69, 9.17) is 16.7 Å². The summed E-state index contributed by atoms with van der Waals surface area (Å²) in [6.45, 7) is 4.07. The minimum atomic E-state index is -3.93. The van der Waals surface area contributed by atoms with E-state index in [-0.39, 0.29) is 46.5 Å². The van der Waals surface area contributed by atoms with Crippen LogP contribution in [0.15, 0.2) is 35.2 Å². The number of halogens is 2. The van der Waals surface area contributed by atoms with E-state index >= 15 is 0 Å². The fraction of sp³-hybridized carbons (Fsp3) is 0.522. The number of thiophene rings is 1. The number of hydrogen-bond donors (Lipinski definition) is 3. The molecule has 0 aliphatic carbocycles. The summed E-state index contributed by atoms with van der Waals surface area (Å²) < 4.78 is 40.1. The number of hydrogen-bond acceptors (Lipinski definition) is 6. The molecule has 0 amide bonds. The Bertz CT molecular complexity index is 1080. The van der Waals surface area contributed by atoms with Crippen molar-refractivity contribution in [2.45, 2.75) is 62.5 Å². The lowest BCUT2D eigenvalue weighted by molar-refractivity contribution is -0.136. The van der Waals surface area contributed by atoms with Gasteiger partial charge in [0.25, 0.3) is 0 Å². The monoisotopic (exact) mass is 534 g/mol. The van der Waals surface area contributed by atoms with Crippen LogP contribution in [-0.4, -0.2) is 60.7 Å².